The van der Waals surface area contributed by atoms with E-state index in [2.05, 4.69) is 4.98 Å². The van der Waals surface area contributed by atoms with Gasteiger partial charge in [0.05, 0.1) is 17.1 Å². The van der Waals surface area contributed by atoms with Gasteiger partial charge in [-0.25, -0.2) is 13.4 Å². The number of sulfonamides is 1. The lowest BCUT2D eigenvalue weighted by atomic mass is 10.2. The number of thiazole rings is 1. The van der Waals surface area contributed by atoms with E-state index in [0.717, 1.165) is 34.0 Å². The average Bonchev–Trinajstić information content (AvgIpc) is 3.18. The summed E-state index contributed by atoms with van der Waals surface area (Å²) >= 11 is 1.49. The van der Waals surface area contributed by atoms with Crippen molar-refractivity contribution in [2.75, 3.05) is 0 Å². The fourth-order valence-corrected chi connectivity index (χ4v) is 5.40. The van der Waals surface area contributed by atoms with Crippen LogP contribution in [-0.4, -0.2) is 23.7 Å². The lowest BCUT2D eigenvalue weighted by Gasteiger charge is -2.27. The van der Waals surface area contributed by atoms with Gasteiger partial charge in [-0.3, -0.25) is 0 Å². The molecule has 0 N–H and O–H groups in total. The quantitative estimate of drug-likeness (QED) is 0.448. The summed E-state index contributed by atoms with van der Waals surface area (Å²) in [7, 11) is -3.61. The first-order valence-electron chi connectivity index (χ1n) is 10.0. The van der Waals surface area contributed by atoms with E-state index in [1.54, 1.807) is 12.1 Å². The van der Waals surface area contributed by atoms with Crippen LogP contribution in [0.5, 0.6) is 5.75 Å². The second-order valence-corrected chi connectivity index (χ2v) is 10.3. The molecule has 30 heavy (non-hydrogen) atoms. The molecule has 2 aromatic carbocycles. The van der Waals surface area contributed by atoms with Gasteiger partial charge in [-0.05, 0) is 57.0 Å². The number of ether oxygens (including phenoxy) is 1. The first-order chi connectivity index (χ1) is 14.3. The van der Waals surface area contributed by atoms with Gasteiger partial charge in [-0.1, -0.05) is 36.8 Å². The van der Waals surface area contributed by atoms with Gasteiger partial charge < -0.3 is 4.74 Å². The van der Waals surface area contributed by atoms with Crippen LogP contribution < -0.4 is 4.74 Å². The van der Waals surface area contributed by atoms with Gasteiger partial charge in [-0.15, -0.1) is 11.3 Å². The summed E-state index contributed by atoms with van der Waals surface area (Å²) in [6.45, 7) is 8.49. The van der Waals surface area contributed by atoms with E-state index >= 15 is 0 Å². The number of hydrogen-bond acceptors (Lipinski definition) is 5. The summed E-state index contributed by atoms with van der Waals surface area (Å²) < 4.78 is 33.9. The van der Waals surface area contributed by atoms with Crippen molar-refractivity contribution in [3.8, 4) is 5.75 Å². The SMILES string of the molecule is CC[C@H](C)N(Cc1csc(COc2cccc(C)c2)n1)S(=O)(=O)c1ccc(C)cc1. The predicted octanol–water partition coefficient (Wildman–Crippen LogP) is 5.33. The molecule has 3 rings (SSSR count). The van der Waals surface area contributed by atoms with Crippen LogP contribution in [0.1, 0.15) is 42.1 Å². The Morgan fingerprint density at radius 3 is 2.50 bits per heavy atom. The van der Waals surface area contributed by atoms with Gasteiger partial charge in [0.15, 0.2) is 0 Å². The van der Waals surface area contributed by atoms with Crippen molar-refractivity contribution in [3.05, 3.63) is 75.7 Å². The third-order valence-electron chi connectivity index (χ3n) is 4.98. The first-order valence-corrected chi connectivity index (χ1v) is 12.3. The number of aromatic nitrogens is 1. The van der Waals surface area contributed by atoms with Crippen molar-refractivity contribution in [2.24, 2.45) is 0 Å². The smallest absolute Gasteiger partial charge is 0.243 e. The molecular formula is C23H28N2O3S2. The fraction of sp³-hybridized carbons (Fsp3) is 0.348. The van der Waals surface area contributed by atoms with Crippen molar-refractivity contribution in [1.29, 1.82) is 0 Å². The third-order valence-corrected chi connectivity index (χ3v) is 7.82. The molecule has 0 aliphatic rings. The molecule has 1 heterocycles. The van der Waals surface area contributed by atoms with Crippen LogP contribution >= 0.6 is 11.3 Å². The Balaban J connectivity index is 1.75. The maximum Gasteiger partial charge on any atom is 0.243 e. The second kappa shape index (κ2) is 9.73. The summed E-state index contributed by atoms with van der Waals surface area (Å²) in [6, 6.07) is 14.7. The molecule has 1 aromatic heterocycles. The number of nitrogens with zero attached hydrogens (tertiary/aromatic N) is 2. The molecule has 0 aliphatic heterocycles. The van der Waals surface area contributed by atoms with E-state index in [1.807, 2.05) is 69.5 Å². The Morgan fingerprint density at radius 2 is 1.83 bits per heavy atom. The average molecular weight is 445 g/mol. The van der Waals surface area contributed by atoms with Gasteiger partial charge in [-0.2, -0.15) is 4.31 Å². The minimum atomic E-state index is -3.61. The van der Waals surface area contributed by atoms with E-state index in [4.69, 9.17) is 4.74 Å². The van der Waals surface area contributed by atoms with Crippen LogP contribution in [0.2, 0.25) is 0 Å². The Kier molecular flexibility index (Phi) is 7.28. The minimum absolute atomic E-state index is 0.134. The van der Waals surface area contributed by atoms with Crippen LogP contribution in [0.15, 0.2) is 58.8 Å². The van der Waals surface area contributed by atoms with Crippen LogP contribution in [0.25, 0.3) is 0 Å². The zero-order valence-electron chi connectivity index (χ0n) is 17.8. The highest BCUT2D eigenvalue weighted by atomic mass is 32.2. The Morgan fingerprint density at radius 1 is 1.10 bits per heavy atom. The van der Waals surface area contributed by atoms with Crippen LogP contribution in [0.4, 0.5) is 0 Å². The van der Waals surface area contributed by atoms with Crippen molar-refractivity contribution in [2.45, 2.75) is 58.2 Å². The molecule has 5 nitrogen and oxygen atoms in total. The lowest BCUT2D eigenvalue weighted by molar-refractivity contribution is 0.302. The van der Waals surface area contributed by atoms with Crippen LogP contribution in [0, 0.1) is 13.8 Å². The van der Waals surface area contributed by atoms with E-state index in [-0.39, 0.29) is 12.6 Å². The molecule has 0 radical (unpaired) electrons. The molecule has 0 unspecified atom stereocenters. The standard InChI is InChI=1S/C23H28N2O3S2/c1-5-19(4)25(30(26,27)22-11-9-17(2)10-12-22)14-20-16-29-23(24-20)15-28-21-8-6-7-18(3)13-21/h6-13,16,19H,5,14-15H2,1-4H3/t19-/m0/s1. The maximum absolute atomic E-state index is 13.3. The molecular weight excluding hydrogens is 416 g/mol. The van der Waals surface area contributed by atoms with Gasteiger partial charge in [0.25, 0.3) is 0 Å². The van der Waals surface area contributed by atoms with E-state index < -0.39 is 10.0 Å². The molecule has 0 amide bonds. The lowest BCUT2D eigenvalue weighted by Crippen LogP contribution is -2.37. The van der Waals surface area contributed by atoms with E-state index in [0.29, 0.717) is 11.5 Å². The Labute approximate surface area is 183 Å². The number of benzene rings is 2. The van der Waals surface area contributed by atoms with Crippen molar-refractivity contribution >= 4 is 21.4 Å². The Hall–Kier alpha value is -2.22. The van der Waals surface area contributed by atoms with Crippen molar-refractivity contribution < 1.29 is 13.2 Å². The molecule has 7 heteroatoms. The summed E-state index contributed by atoms with van der Waals surface area (Å²) in [4.78, 5) is 4.92. The largest absolute Gasteiger partial charge is 0.486 e. The van der Waals surface area contributed by atoms with Crippen molar-refractivity contribution in [1.82, 2.24) is 9.29 Å². The monoisotopic (exact) mass is 444 g/mol. The zero-order chi connectivity index (χ0) is 21.7. The molecule has 0 bridgehead atoms. The minimum Gasteiger partial charge on any atom is -0.486 e. The molecule has 0 aliphatic carbocycles. The highest BCUT2D eigenvalue weighted by Gasteiger charge is 2.29. The highest BCUT2D eigenvalue weighted by molar-refractivity contribution is 7.89. The highest BCUT2D eigenvalue weighted by Crippen LogP contribution is 2.24. The summed E-state index contributed by atoms with van der Waals surface area (Å²) in [6.07, 6.45) is 0.721. The maximum atomic E-state index is 13.3. The van der Waals surface area contributed by atoms with Gasteiger partial charge in [0.2, 0.25) is 10.0 Å². The van der Waals surface area contributed by atoms with E-state index in [1.165, 1.54) is 15.6 Å². The molecule has 0 spiro atoms. The van der Waals surface area contributed by atoms with Crippen molar-refractivity contribution in [3.63, 3.8) is 0 Å². The fourth-order valence-electron chi connectivity index (χ4n) is 3.02. The predicted molar refractivity (Wildman–Crippen MR) is 121 cm³/mol. The molecule has 1 atom stereocenters. The molecule has 3 aromatic rings. The van der Waals surface area contributed by atoms with Gasteiger partial charge in [0, 0.05) is 11.4 Å². The van der Waals surface area contributed by atoms with Crippen LogP contribution in [0.3, 0.4) is 0 Å². The summed E-state index contributed by atoms with van der Waals surface area (Å²) in [5.74, 6) is 0.801. The number of aryl methyl sites for hydroxylation is 2. The first kappa shape index (κ1) is 22.5. The molecule has 0 fully saturated rings. The van der Waals surface area contributed by atoms with Crippen LogP contribution in [-0.2, 0) is 23.2 Å². The number of hydrogen-bond donors (Lipinski definition) is 0. The topological polar surface area (TPSA) is 59.5 Å². The van der Waals surface area contributed by atoms with Gasteiger partial charge in [0.1, 0.15) is 17.4 Å². The molecule has 0 saturated carbocycles. The zero-order valence-corrected chi connectivity index (χ0v) is 19.5. The van der Waals surface area contributed by atoms with Gasteiger partial charge >= 0.3 is 0 Å². The Bertz CT molecular complexity index is 1080. The summed E-state index contributed by atoms with van der Waals surface area (Å²) in [5, 5.41) is 2.73. The normalized spacial score (nSPS) is 12.8. The summed E-state index contributed by atoms with van der Waals surface area (Å²) in [5.41, 5.74) is 2.90. The number of rotatable bonds is 9. The third kappa shape index (κ3) is 5.47. The van der Waals surface area contributed by atoms with E-state index in [9.17, 15) is 8.42 Å². The molecule has 160 valence electrons. The molecule has 0 saturated heterocycles. The second-order valence-electron chi connectivity index (χ2n) is 7.46.